The van der Waals surface area contributed by atoms with Gasteiger partial charge in [-0.05, 0) is 61.8 Å². The summed E-state index contributed by atoms with van der Waals surface area (Å²) in [4.78, 5) is 19.4. The maximum absolute atomic E-state index is 12.9. The number of methoxy groups -OCH3 is 4. The summed E-state index contributed by atoms with van der Waals surface area (Å²) in [6.07, 6.45) is 2.17. The number of benzene rings is 2. The van der Waals surface area contributed by atoms with Crippen LogP contribution in [0.4, 0.5) is 5.69 Å². The number of likely N-dealkylation sites (N-methyl/N-ethyl adjacent to an activating group) is 2. The molecule has 0 N–H and O–H groups in total. The van der Waals surface area contributed by atoms with Crippen LogP contribution in [0.5, 0.6) is 23.0 Å². The van der Waals surface area contributed by atoms with Gasteiger partial charge in [0.15, 0.2) is 23.0 Å². The van der Waals surface area contributed by atoms with Gasteiger partial charge in [-0.3, -0.25) is 4.79 Å². The largest absolute Gasteiger partial charge is 0.493 e. The van der Waals surface area contributed by atoms with E-state index in [1.807, 2.05) is 35.2 Å². The molecule has 8 nitrogen and oxygen atoms in total. The lowest BCUT2D eigenvalue weighted by Crippen LogP contribution is -2.36. The average molecular weight is 486 g/mol. The molecule has 1 aliphatic rings. The Labute approximate surface area is 209 Å². The molecular weight excluding hydrogens is 446 g/mol. The molecule has 0 spiro atoms. The van der Waals surface area contributed by atoms with Crippen LogP contribution in [0, 0.1) is 0 Å². The van der Waals surface area contributed by atoms with Crippen molar-refractivity contribution in [3.8, 4) is 23.0 Å². The predicted octanol–water partition coefficient (Wildman–Crippen LogP) is 3.11. The van der Waals surface area contributed by atoms with E-state index < -0.39 is 0 Å². The summed E-state index contributed by atoms with van der Waals surface area (Å²) in [5, 5.41) is 0. The minimum atomic E-state index is 0.173. The summed E-state index contributed by atoms with van der Waals surface area (Å²) < 4.78 is 21.6. The van der Waals surface area contributed by atoms with E-state index in [1.54, 1.807) is 28.4 Å². The molecule has 0 unspecified atom stereocenters. The van der Waals surface area contributed by atoms with Gasteiger partial charge in [-0.2, -0.15) is 0 Å². The van der Waals surface area contributed by atoms with E-state index in [9.17, 15) is 4.79 Å². The van der Waals surface area contributed by atoms with Gasteiger partial charge >= 0.3 is 0 Å². The molecule has 8 heteroatoms. The first-order chi connectivity index (χ1) is 16.9. The van der Waals surface area contributed by atoms with Crippen LogP contribution in [0.25, 0.3) is 0 Å². The topological polar surface area (TPSA) is 63.7 Å². The first-order valence-corrected chi connectivity index (χ1v) is 12.0. The van der Waals surface area contributed by atoms with Gasteiger partial charge in [-0.1, -0.05) is 0 Å². The van der Waals surface area contributed by atoms with Crippen molar-refractivity contribution in [3.63, 3.8) is 0 Å². The smallest absolute Gasteiger partial charge is 0.227 e. The molecule has 0 fully saturated rings. The summed E-state index contributed by atoms with van der Waals surface area (Å²) in [5.74, 6) is 3.02. The van der Waals surface area contributed by atoms with Crippen molar-refractivity contribution >= 4 is 11.6 Å². The Morgan fingerprint density at radius 3 is 2.09 bits per heavy atom. The van der Waals surface area contributed by atoms with E-state index in [0.29, 0.717) is 17.9 Å². The highest BCUT2D eigenvalue weighted by Gasteiger charge is 2.22. The van der Waals surface area contributed by atoms with E-state index in [2.05, 4.69) is 23.9 Å². The Kier molecular flexibility index (Phi) is 9.48. The summed E-state index contributed by atoms with van der Waals surface area (Å²) >= 11 is 0. The second-order valence-electron chi connectivity index (χ2n) is 8.90. The molecule has 0 atom stereocenters. The molecule has 1 heterocycles. The number of hydrogen-bond acceptors (Lipinski definition) is 7. The van der Waals surface area contributed by atoms with Crippen molar-refractivity contribution in [3.05, 3.63) is 41.5 Å². The lowest BCUT2D eigenvalue weighted by Gasteiger charge is -2.25. The number of carbonyl (C=O) groups excluding carboxylic acids is 1. The number of carbonyl (C=O) groups is 1. The molecule has 0 aliphatic carbocycles. The maximum Gasteiger partial charge on any atom is 0.227 e. The predicted molar refractivity (Wildman–Crippen MR) is 138 cm³/mol. The van der Waals surface area contributed by atoms with Crippen LogP contribution in [-0.2, 0) is 17.6 Å². The lowest BCUT2D eigenvalue weighted by atomic mass is 10.0. The zero-order valence-electron chi connectivity index (χ0n) is 21.9. The Balaban J connectivity index is 1.46. The van der Waals surface area contributed by atoms with Crippen LogP contribution < -0.4 is 23.8 Å². The van der Waals surface area contributed by atoms with Gasteiger partial charge in [-0.25, -0.2) is 0 Å². The Bertz CT molecular complexity index is 997. The molecule has 0 radical (unpaired) electrons. The van der Waals surface area contributed by atoms with Crippen molar-refractivity contribution < 1.29 is 23.7 Å². The first-order valence-electron chi connectivity index (χ1n) is 12.0. The normalized spacial score (nSPS) is 13.3. The van der Waals surface area contributed by atoms with Crippen LogP contribution in [0.1, 0.15) is 17.5 Å². The molecule has 35 heavy (non-hydrogen) atoms. The van der Waals surface area contributed by atoms with Crippen LogP contribution in [0.2, 0.25) is 0 Å². The molecule has 0 saturated heterocycles. The third kappa shape index (κ3) is 6.72. The SMILES string of the molecule is COc1ccc(N(C)CCN(C)CCCN2CCc3cc(OC)c(OC)cc3CC2=O)cc1OC. The van der Waals surface area contributed by atoms with E-state index in [0.717, 1.165) is 73.9 Å². The van der Waals surface area contributed by atoms with Gasteiger partial charge in [0.1, 0.15) is 0 Å². The Hall–Kier alpha value is -3.13. The van der Waals surface area contributed by atoms with Crippen LogP contribution in [-0.4, -0.2) is 91.0 Å². The summed E-state index contributed by atoms with van der Waals surface area (Å²) in [7, 11) is 10.8. The van der Waals surface area contributed by atoms with Crippen molar-refractivity contribution in [2.45, 2.75) is 19.3 Å². The fraction of sp³-hybridized carbons (Fsp3) is 0.519. The van der Waals surface area contributed by atoms with Gasteiger partial charge in [0.25, 0.3) is 0 Å². The van der Waals surface area contributed by atoms with E-state index in [-0.39, 0.29) is 5.91 Å². The van der Waals surface area contributed by atoms with E-state index in [4.69, 9.17) is 18.9 Å². The van der Waals surface area contributed by atoms with Gasteiger partial charge in [0.2, 0.25) is 5.91 Å². The standard InChI is InChI=1S/C27H39N3O5/c1-28(14-15-29(2)22-8-9-23(32-3)26(19-22)35-6)11-7-12-30-13-10-20-16-24(33-4)25(34-5)17-21(20)18-27(30)31/h8-9,16-17,19H,7,10-15,18H2,1-6H3. The first kappa shape index (κ1) is 26.5. The number of anilines is 1. The van der Waals surface area contributed by atoms with Crippen molar-refractivity contribution in [2.24, 2.45) is 0 Å². The highest BCUT2D eigenvalue weighted by atomic mass is 16.5. The molecule has 0 saturated carbocycles. The molecule has 1 aliphatic heterocycles. The zero-order chi connectivity index (χ0) is 25.4. The monoisotopic (exact) mass is 485 g/mol. The number of nitrogens with zero attached hydrogens (tertiary/aromatic N) is 3. The molecule has 192 valence electrons. The third-order valence-electron chi connectivity index (χ3n) is 6.64. The number of fused-ring (bicyclic) bond motifs is 1. The number of ether oxygens (including phenoxy) is 4. The summed E-state index contributed by atoms with van der Waals surface area (Å²) in [6.45, 7) is 4.22. The number of amides is 1. The zero-order valence-corrected chi connectivity index (χ0v) is 21.9. The van der Waals surface area contributed by atoms with Crippen LogP contribution >= 0.6 is 0 Å². The molecular formula is C27H39N3O5. The Morgan fingerprint density at radius 2 is 1.43 bits per heavy atom. The van der Waals surface area contributed by atoms with E-state index >= 15 is 0 Å². The van der Waals surface area contributed by atoms with Gasteiger partial charge < -0.3 is 33.6 Å². The molecule has 0 bridgehead atoms. The quantitative estimate of drug-likeness (QED) is 0.458. The molecule has 0 aromatic heterocycles. The lowest BCUT2D eigenvalue weighted by molar-refractivity contribution is -0.130. The second-order valence-corrected chi connectivity index (χ2v) is 8.90. The average Bonchev–Trinajstić information content (AvgIpc) is 3.03. The van der Waals surface area contributed by atoms with E-state index in [1.165, 1.54) is 0 Å². The fourth-order valence-electron chi connectivity index (χ4n) is 4.41. The van der Waals surface area contributed by atoms with Gasteiger partial charge in [0, 0.05) is 45.0 Å². The van der Waals surface area contributed by atoms with Gasteiger partial charge in [-0.15, -0.1) is 0 Å². The fourth-order valence-corrected chi connectivity index (χ4v) is 4.41. The number of hydrogen-bond donors (Lipinski definition) is 0. The summed E-state index contributed by atoms with van der Waals surface area (Å²) in [6, 6.07) is 9.91. The maximum atomic E-state index is 12.9. The molecule has 1 amide bonds. The third-order valence-corrected chi connectivity index (χ3v) is 6.64. The van der Waals surface area contributed by atoms with Gasteiger partial charge in [0.05, 0.1) is 34.9 Å². The molecule has 3 rings (SSSR count). The number of rotatable bonds is 12. The van der Waals surface area contributed by atoms with Crippen molar-refractivity contribution in [1.82, 2.24) is 9.80 Å². The van der Waals surface area contributed by atoms with Crippen molar-refractivity contribution in [1.29, 1.82) is 0 Å². The highest BCUT2D eigenvalue weighted by Crippen LogP contribution is 2.33. The molecule has 2 aromatic rings. The Morgan fingerprint density at radius 1 is 0.800 bits per heavy atom. The summed E-state index contributed by atoms with van der Waals surface area (Å²) in [5.41, 5.74) is 3.28. The minimum Gasteiger partial charge on any atom is -0.493 e. The highest BCUT2D eigenvalue weighted by molar-refractivity contribution is 5.80. The molecule has 2 aromatic carbocycles. The van der Waals surface area contributed by atoms with Crippen LogP contribution in [0.3, 0.4) is 0 Å². The second kappa shape index (κ2) is 12.5. The van der Waals surface area contributed by atoms with Crippen molar-refractivity contribution in [2.75, 3.05) is 80.2 Å². The minimum absolute atomic E-state index is 0.173. The van der Waals surface area contributed by atoms with Crippen LogP contribution in [0.15, 0.2) is 30.3 Å².